The van der Waals surface area contributed by atoms with Crippen molar-refractivity contribution in [2.75, 3.05) is 5.73 Å². The van der Waals surface area contributed by atoms with Gasteiger partial charge in [0.15, 0.2) is 0 Å². The van der Waals surface area contributed by atoms with E-state index in [-0.39, 0.29) is 9.79 Å². The molecule has 0 bridgehead atoms. The van der Waals surface area contributed by atoms with E-state index in [1.54, 1.807) is 60.7 Å². The third kappa shape index (κ3) is 2.87. The summed E-state index contributed by atoms with van der Waals surface area (Å²) in [7, 11) is -3.69. The molecule has 2 N–H and O–H groups in total. The molecule has 0 aliphatic rings. The van der Waals surface area contributed by atoms with Gasteiger partial charge < -0.3 is 5.73 Å². The summed E-state index contributed by atoms with van der Waals surface area (Å²) in [5.41, 5.74) is 7.86. The summed E-state index contributed by atoms with van der Waals surface area (Å²) in [6.07, 6.45) is 0. The van der Waals surface area contributed by atoms with Gasteiger partial charge in [0, 0.05) is 11.3 Å². The van der Waals surface area contributed by atoms with Crippen molar-refractivity contribution in [3.8, 4) is 17.2 Å². The number of anilines is 1. The lowest BCUT2D eigenvalue weighted by atomic mass is 10.0. The van der Waals surface area contributed by atoms with Crippen LogP contribution in [0.2, 0.25) is 0 Å². The summed E-state index contributed by atoms with van der Waals surface area (Å²) >= 11 is 0. The highest BCUT2D eigenvalue weighted by molar-refractivity contribution is 7.91. The summed E-state index contributed by atoms with van der Waals surface area (Å²) in [4.78, 5) is 0.380. The lowest BCUT2D eigenvalue weighted by molar-refractivity contribution is 0.596. The van der Waals surface area contributed by atoms with Crippen LogP contribution in [-0.4, -0.2) is 8.42 Å². The van der Waals surface area contributed by atoms with E-state index in [9.17, 15) is 8.42 Å². The maximum Gasteiger partial charge on any atom is 0.207 e. The summed E-state index contributed by atoms with van der Waals surface area (Å²) in [6, 6.07) is 21.8. The first kappa shape index (κ1) is 15.8. The van der Waals surface area contributed by atoms with Crippen LogP contribution in [0.4, 0.5) is 5.69 Å². The Morgan fingerprint density at radius 3 is 2.29 bits per heavy atom. The van der Waals surface area contributed by atoms with Gasteiger partial charge in [-0.1, -0.05) is 30.3 Å². The molecule has 0 atom stereocenters. The highest BCUT2D eigenvalue weighted by Gasteiger charge is 2.21. The average molecular weight is 334 g/mol. The predicted octanol–water partition coefficient (Wildman–Crippen LogP) is 3.64. The molecule has 0 aliphatic carbocycles. The van der Waals surface area contributed by atoms with Gasteiger partial charge in [0.25, 0.3) is 0 Å². The molecule has 0 unspecified atom stereocenters. The number of benzene rings is 3. The summed E-state index contributed by atoms with van der Waals surface area (Å²) in [5, 5.41) is 9.06. The van der Waals surface area contributed by atoms with Crippen molar-refractivity contribution in [2.24, 2.45) is 0 Å². The van der Waals surface area contributed by atoms with Gasteiger partial charge in [-0.05, 0) is 48.0 Å². The molecule has 0 saturated carbocycles. The van der Waals surface area contributed by atoms with E-state index in [2.05, 4.69) is 6.07 Å². The van der Waals surface area contributed by atoms with Crippen LogP contribution in [0.5, 0.6) is 0 Å². The van der Waals surface area contributed by atoms with E-state index in [0.717, 1.165) is 0 Å². The number of nitrogens with zero attached hydrogens (tertiary/aromatic N) is 1. The quantitative estimate of drug-likeness (QED) is 0.741. The largest absolute Gasteiger partial charge is 0.399 e. The van der Waals surface area contributed by atoms with E-state index < -0.39 is 9.84 Å². The van der Waals surface area contributed by atoms with Crippen LogP contribution in [0.3, 0.4) is 0 Å². The Labute approximate surface area is 140 Å². The number of nitrogens with two attached hydrogens (primary N) is 1. The molecule has 3 aromatic carbocycles. The van der Waals surface area contributed by atoms with E-state index >= 15 is 0 Å². The smallest absolute Gasteiger partial charge is 0.207 e. The molecular weight excluding hydrogens is 320 g/mol. The second-order valence-corrected chi connectivity index (χ2v) is 7.18. The van der Waals surface area contributed by atoms with Crippen molar-refractivity contribution >= 4 is 15.5 Å². The molecule has 5 heteroatoms. The zero-order chi connectivity index (χ0) is 17.2. The van der Waals surface area contributed by atoms with Crippen LogP contribution in [0.15, 0.2) is 82.6 Å². The Balaban J connectivity index is 2.19. The zero-order valence-electron chi connectivity index (χ0n) is 12.7. The standard InChI is InChI=1S/C19H14N2O2S/c20-13-14-4-3-5-15(12-14)18-6-1-2-7-19(18)24(22,23)17-10-8-16(21)9-11-17/h1-12H,21H2. The van der Waals surface area contributed by atoms with Gasteiger partial charge in [0.2, 0.25) is 9.84 Å². The van der Waals surface area contributed by atoms with Crippen LogP contribution in [-0.2, 0) is 9.84 Å². The molecule has 4 nitrogen and oxygen atoms in total. The Morgan fingerprint density at radius 1 is 0.875 bits per heavy atom. The zero-order valence-corrected chi connectivity index (χ0v) is 13.5. The number of sulfone groups is 1. The molecule has 0 aromatic heterocycles. The lowest BCUT2D eigenvalue weighted by Crippen LogP contribution is -2.04. The van der Waals surface area contributed by atoms with Crippen molar-refractivity contribution in [3.63, 3.8) is 0 Å². The van der Waals surface area contributed by atoms with Crippen molar-refractivity contribution < 1.29 is 8.42 Å². The Hall–Kier alpha value is -3.10. The summed E-state index contributed by atoms with van der Waals surface area (Å²) in [5.74, 6) is 0. The Kier molecular flexibility index (Phi) is 4.07. The van der Waals surface area contributed by atoms with E-state index in [1.807, 2.05) is 0 Å². The molecule has 118 valence electrons. The van der Waals surface area contributed by atoms with Gasteiger partial charge >= 0.3 is 0 Å². The predicted molar refractivity (Wildman–Crippen MR) is 92.9 cm³/mol. The van der Waals surface area contributed by atoms with Crippen molar-refractivity contribution in [1.29, 1.82) is 5.26 Å². The molecule has 0 heterocycles. The number of rotatable bonds is 3. The van der Waals surface area contributed by atoms with E-state index in [0.29, 0.717) is 22.4 Å². The van der Waals surface area contributed by atoms with Gasteiger partial charge in [0.1, 0.15) is 0 Å². The number of nitrogen functional groups attached to an aromatic ring is 1. The first-order valence-corrected chi connectivity index (χ1v) is 8.71. The maximum atomic E-state index is 13.0. The molecule has 0 saturated heterocycles. The maximum absolute atomic E-state index is 13.0. The van der Waals surface area contributed by atoms with Crippen LogP contribution in [0, 0.1) is 11.3 Å². The molecule has 0 aliphatic heterocycles. The molecule has 3 rings (SSSR count). The van der Waals surface area contributed by atoms with Gasteiger partial charge in [-0.25, -0.2) is 8.42 Å². The summed E-state index contributed by atoms with van der Waals surface area (Å²) < 4.78 is 26.0. The first-order valence-electron chi connectivity index (χ1n) is 7.22. The van der Waals surface area contributed by atoms with Crippen LogP contribution < -0.4 is 5.73 Å². The number of nitriles is 1. The topological polar surface area (TPSA) is 84.0 Å². The van der Waals surface area contributed by atoms with E-state index in [4.69, 9.17) is 11.0 Å². The summed E-state index contributed by atoms with van der Waals surface area (Å²) in [6.45, 7) is 0. The molecule has 0 fully saturated rings. The average Bonchev–Trinajstić information content (AvgIpc) is 2.62. The molecule has 0 radical (unpaired) electrons. The SMILES string of the molecule is N#Cc1cccc(-c2ccccc2S(=O)(=O)c2ccc(N)cc2)c1. The molecular formula is C19H14N2O2S. The van der Waals surface area contributed by atoms with Gasteiger partial charge in [0.05, 0.1) is 21.4 Å². The number of hydrogen-bond acceptors (Lipinski definition) is 4. The monoisotopic (exact) mass is 334 g/mol. The van der Waals surface area contributed by atoms with Crippen LogP contribution in [0.25, 0.3) is 11.1 Å². The fourth-order valence-electron chi connectivity index (χ4n) is 2.47. The normalized spacial score (nSPS) is 11.0. The van der Waals surface area contributed by atoms with Gasteiger partial charge in [-0.2, -0.15) is 5.26 Å². The highest BCUT2D eigenvalue weighted by Crippen LogP contribution is 2.32. The highest BCUT2D eigenvalue weighted by atomic mass is 32.2. The molecule has 0 amide bonds. The van der Waals surface area contributed by atoms with Crippen molar-refractivity contribution in [3.05, 3.63) is 78.4 Å². The molecule has 24 heavy (non-hydrogen) atoms. The third-order valence-corrected chi connectivity index (χ3v) is 5.50. The van der Waals surface area contributed by atoms with Gasteiger partial charge in [-0.15, -0.1) is 0 Å². The van der Waals surface area contributed by atoms with Crippen molar-refractivity contribution in [2.45, 2.75) is 9.79 Å². The Morgan fingerprint density at radius 2 is 1.58 bits per heavy atom. The van der Waals surface area contributed by atoms with Gasteiger partial charge in [-0.3, -0.25) is 0 Å². The third-order valence-electron chi connectivity index (χ3n) is 3.67. The minimum absolute atomic E-state index is 0.181. The lowest BCUT2D eigenvalue weighted by Gasteiger charge is -2.11. The molecule has 0 spiro atoms. The second-order valence-electron chi connectivity index (χ2n) is 5.26. The second kappa shape index (κ2) is 6.19. The fraction of sp³-hybridized carbons (Fsp3) is 0. The van der Waals surface area contributed by atoms with Crippen molar-refractivity contribution in [1.82, 2.24) is 0 Å². The number of hydrogen-bond donors (Lipinski definition) is 1. The minimum atomic E-state index is -3.69. The first-order chi connectivity index (χ1) is 11.5. The Bertz CT molecular complexity index is 1030. The molecule has 3 aromatic rings. The minimum Gasteiger partial charge on any atom is -0.399 e. The van der Waals surface area contributed by atoms with Crippen LogP contribution in [0.1, 0.15) is 5.56 Å². The fourth-order valence-corrected chi connectivity index (χ4v) is 3.95. The van der Waals surface area contributed by atoms with E-state index in [1.165, 1.54) is 12.1 Å². The van der Waals surface area contributed by atoms with Crippen LogP contribution >= 0.6 is 0 Å².